The Hall–Kier alpha value is -0.700. The first-order valence-corrected chi connectivity index (χ1v) is 6.24. The minimum absolute atomic E-state index is 0.242. The highest BCUT2D eigenvalue weighted by molar-refractivity contribution is 9.10. The molecule has 0 aliphatic heterocycles. The van der Waals surface area contributed by atoms with Gasteiger partial charge < -0.3 is 0 Å². The Labute approximate surface area is 104 Å². The van der Waals surface area contributed by atoms with Crippen LogP contribution in [0.3, 0.4) is 0 Å². The fraction of sp³-hybridized carbons (Fsp3) is 0.462. The molecule has 0 N–H and O–H groups in total. The summed E-state index contributed by atoms with van der Waals surface area (Å²) in [5.41, 5.74) is 0.858. The van der Waals surface area contributed by atoms with Gasteiger partial charge in [-0.05, 0) is 36.1 Å². The van der Waals surface area contributed by atoms with E-state index in [1.165, 1.54) is 12.1 Å². The highest BCUT2D eigenvalue weighted by atomic mass is 79.9. The molecule has 0 aliphatic carbocycles. The van der Waals surface area contributed by atoms with Crippen molar-refractivity contribution in [2.45, 2.75) is 33.1 Å². The number of halogens is 2. The summed E-state index contributed by atoms with van der Waals surface area (Å²) in [5.74, 6) is 0.379. The minimum atomic E-state index is -0.255. The van der Waals surface area contributed by atoms with Crippen LogP contribution in [0.2, 0.25) is 0 Å². The van der Waals surface area contributed by atoms with Crippen LogP contribution in [-0.2, 0) is 11.2 Å². The van der Waals surface area contributed by atoms with Gasteiger partial charge in [0.05, 0.1) is 0 Å². The van der Waals surface area contributed by atoms with Gasteiger partial charge >= 0.3 is 0 Å². The maximum absolute atomic E-state index is 13.0. The van der Waals surface area contributed by atoms with E-state index >= 15 is 0 Å². The summed E-state index contributed by atoms with van der Waals surface area (Å²) in [6.45, 7) is 4.05. The van der Waals surface area contributed by atoms with Crippen molar-refractivity contribution in [2.75, 3.05) is 0 Å². The van der Waals surface area contributed by atoms with Gasteiger partial charge in [-0.3, -0.25) is 4.79 Å². The zero-order valence-electron chi connectivity index (χ0n) is 9.59. The molecule has 0 heterocycles. The second kappa shape index (κ2) is 6.14. The molecule has 0 saturated carbocycles. The summed E-state index contributed by atoms with van der Waals surface area (Å²) in [6.07, 6.45) is 1.69. The van der Waals surface area contributed by atoms with Crippen molar-refractivity contribution >= 4 is 21.7 Å². The smallest absolute Gasteiger partial charge is 0.133 e. The molecule has 0 bridgehead atoms. The van der Waals surface area contributed by atoms with E-state index in [-0.39, 0.29) is 11.6 Å². The lowest BCUT2D eigenvalue weighted by molar-refractivity contribution is -0.119. The Balaban J connectivity index is 2.54. The Kier molecular flexibility index (Phi) is 5.13. The van der Waals surface area contributed by atoms with Gasteiger partial charge in [0, 0.05) is 17.3 Å². The van der Waals surface area contributed by atoms with Gasteiger partial charge in [0.2, 0.25) is 0 Å². The highest BCUT2D eigenvalue weighted by Crippen LogP contribution is 2.19. The second-order valence-corrected chi connectivity index (χ2v) is 5.23. The maximum atomic E-state index is 13.0. The van der Waals surface area contributed by atoms with Gasteiger partial charge in [-0.2, -0.15) is 0 Å². The number of carbonyl (C=O) groups excluding carboxylic acids is 1. The number of Topliss-reactive ketones (excluding diaryl/α,β-unsaturated/α-hetero) is 1. The fourth-order valence-electron chi connectivity index (χ4n) is 1.57. The van der Waals surface area contributed by atoms with Crippen molar-refractivity contribution in [3.8, 4) is 0 Å². The Morgan fingerprint density at radius 2 is 2.12 bits per heavy atom. The lowest BCUT2D eigenvalue weighted by Gasteiger charge is -2.06. The number of benzene rings is 1. The van der Waals surface area contributed by atoms with Crippen LogP contribution < -0.4 is 0 Å². The molecule has 0 spiro atoms. The van der Waals surface area contributed by atoms with Crippen molar-refractivity contribution in [1.82, 2.24) is 0 Å². The van der Waals surface area contributed by atoms with Crippen LogP contribution in [0.1, 0.15) is 32.3 Å². The summed E-state index contributed by atoms with van der Waals surface area (Å²) >= 11 is 3.35. The van der Waals surface area contributed by atoms with Gasteiger partial charge in [0.1, 0.15) is 11.6 Å². The molecule has 88 valence electrons. The molecule has 0 saturated heterocycles. The van der Waals surface area contributed by atoms with Gasteiger partial charge in [-0.25, -0.2) is 4.39 Å². The summed E-state index contributed by atoms with van der Waals surface area (Å²) in [7, 11) is 0. The van der Waals surface area contributed by atoms with Crippen LogP contribution in [0.15, 0.2) is 22.7 Å². The van der Waals surface area contributed by atoms with E-state index in [1.54, 1.807) is 6.07 Å². The Morgan fingerprint density at radius 1 is 1.44 bits per heavy atom. The Bertz CT molecular complexity index is 374. The van der Waals surface area contributed by atoms with Crippen molar-refractivity contribution in [1.29, 1.82) is 0 Å². The molecule has 0 amide bonds. The molecule has 1 rings (SSSR count). The molecule has 1 aromatic rings. The molecule has 1 nitrogen and oxygen atoms in total. The van der Waals surface area contributed by atoms with E-state index < -0.39 is 0 Å². The summed E-state index contributed by atoms with van der Waals surface area (Å²) in [4.78, 5) is 11.5. The van der Waals surface area contributed by atoms with Crippen LogP contribution in [0.4, 0.5) is 4.39 Å². The van der Waals surface area contributed by atoms with Crippen molar-refractivity contribution in [3.05, 3.63) is 34.1 Å². The van der Waals surface area contributed by atoms with Crippen LogP contribution in [0, 0.1) is 11.7 Å². The van der Waals surface area contributed by atoms with Crippen LogP contribution in [-0.4, -0.2) is 5.78 Å². The number of rotatable bonds is 5. The topological polar surface area (TPSA) is 17.1 Å². The number of aryl methyl sites for hydroxylation is 1. The second-order valence-electron chi connectivity index (χ2n) is 4.37. The number of ketones is 1. The van der Waals surface area contributed by atoms with Gasteiger partial charge in [-0.15, -0.1) is 0 Å². The van der Waals surface area contributed by atoms with E-state index in [2.05, 4.69) is 15.9 Å². The number of carbonyl (C=O) groups is 1. The van der Waals surface area contributed by atoms with Crippen LogP contribution in [0.5, 0.6) is 0 Å². The first kappa shape index (κ1) is 13.4. The maximum Gasteiger partial charge on any atom is 0.133 e. The standard InChI is InChI=1S/C13H16BrFO/c1-9(2)7-12(16)5-3-10-8-11(15)4-6-13(10)14/h4,6,8-9H,3,5,7H2,1-2H3. The fourth-order valence-corrected chi connectivity index (χ4v) is 2.01. The molecule has 0 aromatic heterocycles. The summed E-state index contributed by atoms with van der Waals surface area (Å²) in [6, 6.07) is 4.56. The van der Waals surface area contributed by atoms with Crippen molar-refractivity contribution in [3.63, 3.8) is 0 Å². The van der Waals surface area contributed by atoms with Gasteiger partial charge in [-0.1, -0.05) is 29.8 Å². The third kappa shape index (κ3) is 4.44. The summed E-state index contributed by atoms with van der Waals surface area (Å²) in [5, 5.41) is 0. The van der Waals surface area contributed by atoms with Crippen LogP contribution in [0.25, 0.3) is 0 Å². The number of hydrogen-bond donors (Lipinski definition) is 0. The van der Waals surface area contributed by atoms with Crippen molar-refractivity contribution in [2.24, 2.45) is 5.92 Å². The average molecular weight is 287 g/mol. The highest BCUT2D eigenvalue weighted by Gasteiger charge is 2.07. The van der Waals surface area contributed by atoms with E-state index in [0.29, 0.717) is 25.2 Å². The first-order chi connectivity index (χ1) is 7.49. The lowest BCUT2D eigenvalue weighted by atomic mass is 10.0. The van der Waals surface area contributed by atoms with E-state index in [1.807, 2.05) is 13.8 Å². The largest absolute Gasteiger partial charge is 0.300 e. The molecular weight excluding hydrogens is 271 g/mol. The van der Waals surface area contributed by atoms with Gasteiger partial charge in [0.25, 0.3) is 0 Å². The van der Waals surface area contributed by atoms with Gasteiger partial charge in [0.15, 0.2) is 0 Å². The predicted octanol–water partition coefficient (Wildman–Crippen LogP) is 4.14. The van der Waals surface area contributed by atoms with E-state index in [9.17, 15) is 9.18 Å². The van der Waals surface area contributed by atoms with Crippen molar-refractivity contribution < 1.29 is 9.18 Å². The monoisotopic (exact) mass is 286 g/mol. The van der Waals surface area contributed by atoms with Crippen LogP contribution >= 0.6 is 15.9 Å². The third-order valence-electron chi connectivity index (χ3n) is 2.32. The molecule has 0 atom stereocenters. The SMILES string of the molecule is CC(C)CC(=O)CCc1cc(F)ccc1Br. The normalized spacial score (nSPS) is 10.8. The quantitative estimate of drug-likeness (QED) is 0.795. The molecule has 3 heteroatoms. The minimum Gasteiger partial charge on any atom is -0.300 e. The first-order valence-electron chi connectivity index (χ1n) is 5.44. The predicted molar refractivity (Wildman–Crippen MR) is 66.9 cm³/mol. The molecule has 16 heavy (non-hydrogen) atoms. The van der Waals surface area contributed by atoms with E-state index in [0.717, 1.165) is 10.0 Å². The molecule has 0 fully saturated rings. The Morgan fingerprint density at radius 3 is 2.75 bits per heavy atom. The lowest BCUT2D eigenvalue weighted by Crippen LogP contribution is -2.04. The molecule has 0 aliphatic rings. The van der Waals surface area contributed by atoms with E-state index in [4.69, 9.17) is 0 Å². The molecular formula is C13H16BrFO. The zero-order valence-corrected chi connectivity index (χ0v) is 11.2. The third-order valence-corrected chi connectivity index (χ3v) is 3.09. The summed E-state index contributed by atoms with van der Waals surface area (Å²) < 4.78 is 13.8. The number of hydrogen-bond acceptors (Lipinski definition) is 1. The molecule has 0 radical (unpaired) electrons. The molecule has 0 unspecified atom stereocenters. The average Bonchev–Trinajstić information content (AvgIpc) is 2.18. The zero-order chi connectivity index (χ0) is 12.1. The molecule has 1 aromatic carbocycles.